The Balaban J connectivity index is 2.15. The highest BCUT2D eigenvalue weighted by Crippen LogP contribution is 2.34. The Bertz CT molecular complexity index is 764. The van der Waals surface area contributed by atoms with Gasteiger partial charge in [0, 0.05) is 28.6 Å². The van der Waals surface area contributed by atoms with Gasteiger partial charge in [-0.25, -0.2) is 4.39 Å². The van der Waals surface area contributed by atoms with Gasteiger partial charge < -0.3 is 0 Å². The highest BCUT2D eigenvalue weighted by molar-refractivity contribution is 9.18. The second-order valence-electron chi connectivity index (χ2n) is 4.46. The van der Waals surface area contributed by atoms with Crippen LogP contribution in [0.1, 0.15) is 16.9 Å². The molecule has 0 spiro atoms. The van der Waals surface area contributed by atoms with Crippen LogP contribution in [0.2, 0.25) is 0 Å². The van der Waals surface area contributed by atoms with Crippen molar-refractivity contribution in [3.05, 3.63) is 76.0 Å². The third kappa shape index (κ3) is 3.30. The maximum absolute atomic E-state index is 13.1. The Hall–Kier alpha value is -1.74. The van der Waals surface area contributed by atoms with Crippen LogP contribution in [0.15, 0.2) is 64.8 Å². The molecule has 0 amide bonds. The molecule has 0 bridgehead atoms. The van der Waals surface area contributed by atoms with Crippen LogP contribution in [0.5, 0.6) is 0 Å². The lowest BCUT2D eigenvalue weighted by molar-refractivity contribution is 0.627. The molecule has 4 heteroatoms. The second kappa shape index (κ2) is 6.35. The van der Waals surface area contributed by atoms with Crippen LogP contribution >= 0.6 is 27.3 Å². The summed E-state index contributed by atoms with van der Waals surface area (Å²) in [6.07, 6.45) is 4.47. The SMILES string of the molecule is Fc1ccc(C2=C=CCC(Br)=N/C=C\2c2cccs2)cc1. The van der Waals surface area contributed by atoms with Gasteiger partial charge in [0.25, 0.3) is 0 Å². The maximum Gasteiger partial charge on any atom is 0.123 e. The van der Waals surface area contributed by atoms with Crippen LogP contribution in [0.3, 0.4) is 0 Å². The lowest BCUT2D eigenvalue weighted by Crippen LogP contribution is -1.91. The van der Waals surface area contributed by atoms with Gasteiger partial charge in [-0.2, -0.15) is 0 Å². The van der Waals surface area contributed by atoms with Crippen molar-refractivity contribution in [1.82, 2.24) is 0 Å². The van der Waals surface area contributed by atoms with Crippen molar-refractivity contribution >= 4 is 43.0 Å². The number of thiophene rings is 1. The van der Waals surface area contributed by atoms with Gasteiger partial charge in [0.2, 0.25) is 0 Å². The summed E-state index contributed by atoms with van der Waals surface area (Å²) in [6, 6.07) is 10.5. The third-order valence-electron chi connectivity index (χ3n) is 3.04. The number of hydrogen-bond donors (Lipinski definition) is 0. The topological polar surface area (TPSA) is 12.4 Å². The van der Waals surface area contributed by atoms with Crippen molar-refractivity contribution in [2.24, 2.45) is 4.99 Å². The Morgan fingerprint density at radius 1 is 1.19 bits per heavy atom. The van der Waals surface area contributed by atoms with Crippen molar-refractivity contribution in [2.45, 2.75) is 6.42 Å². The minimum Gasteiger partial charge on any atom is -0.253 e. The van der Waals surface area contributed by atoms with Crippen molar-refractivity contribution in [1.29, 1.82) is 0 Å². The lowest BCUT2D eigenvalue weighted by atomic mass is 9.97. The summed E-state index contributed by atoms with van der Waals surface area (Å²) in [5, 5.41) is 2.03. The minimum absolute atomic E-state index is 0.239. The van der Waals surface area contributed by atoms with Crippen LogP contribution in [0.4, 0.5) is 4.39 Å². The molecule has 21 heavy (non-hydrogen) atoms. The van der Waals surface area contributed by atoms with Gasteiger partial charge in [-0.1, -0.05) is 18.2 Å². The summed E-state index contributed by atoms with van der Waals surface area (Å²) in [7, 11) is 0. The molecule has 2 heterocycles. The molecular formula is C17H11BrFNS. The Kier molecular flexibility index (Phi) is 4.30. The normalized spacial score (nSPS) is 17.3. The number of halogens is 2. The van der Waals surface area contributed by atoms with E-state index < -0.39 is 0 Å². The first-order valence-corrected chi connectivity index (χ1v) is 8.09. The van der Waals surface area contributed by atoms with Crippen molar-refractivity contribution in [3.63, 3.8) is 0 Å². The summed E-state index contributed by atoms with van der Waals surface area (Å²) in [5.41, 5.74) is 6.18. The van der Waals surface area contributed by atoms with Gasteiger partial charge in [-0.3, -0.25) is 4.99 Å². The molecule has 0 radical (unpaired) electrons. The van der Waals surface area contributed by atoms with Gasteiger partial charge in [-0.15, -0.1) is 17.1 Å². The smallest absolute Gasteiger partial charge is 0.123 e. The second-order valence-corrected chi connectivity index (χ2v) is 6.32. The number of benzene rings is 1. The molecule has 0 fully saturated rings. The zero-order chi connectivity index (χ0) is 14.7. The molecule has 1 aromatic carbocycles. The molecule has 0 N–H and O–H groups in total. The molecule has 1 aliphatic heterocycles. The Morgan fingerprint density at radius 2 is 2.00 bits per heavy atom. The van der Waals surface area contributed by atoms with E-state index in [1.165, 1.54) is 12.1 Å². The number of nitrogens with zero attached hydrogens (tertiary/aromatic N) is 1. The highest BCUT2D eigenvalue weighted by Gasteiger charge is 2.12. The van der Waals surface area contributed by atoms with Crippen LogP contribution in [0.25, 0.3) is 11.1 Å². The largest absolute Gasteiger partial charge is 0.253 e. The third-order valence-corrected chi connectivity index (χ3v) is 4.47. The fourth-order valence-corrected chi connectivity index (χ4v) is 3.05. The fraction of sp³-hybridized carbons (Fsp3) is 0.0588. The van der Waals surface area contributed by atoms with Gasteiger partial charge >= 0.3 is 0 Å². The van der Waals surface area contributed by atoms with E-state index in [0.717, 1.165) is 26.2 Å². The zero-order valence-corrected chi connectivity index (χ0v) is 13.4. The summed E-state index contributed by atoms with van der Waals surface area (Å²) < 4.78 is 14.0. The van der Waals surface area contributed by atoms with E-state index in [1.807, 2.05) is 29.8 Å². The van der Waals surface area contributed by atoms with Crippen LogP contribution in [-0.2, 0) is 0 Å². The summed E-state index contributed by atoms with van der Waals surface area (Å²) in [5.74, 6) is -0.239. The number of hydrogen-bond acceptors (Lipinski definition) is 2. The average Bonchev–Trinajstić information content (AvgIpc) is 2.98. The average molecular weight is 360 g/mol. The standard InChI is InChI=1S/C17H11BrFNS/c18-17-5-1-3-14(12-6-8-13(19)9-7-12)15(11-20-17)16-4-2-10-21-16/h1-2,4,6-11H,5H2/b15-11+,20-17?. The monoisotopic (exact) mass is 359 g/mol. The van der Waals surface area contributed by atoms with Crippen LogP contribution in [-0.4, -0.2) is 4.62 Å². The molecular weight excluding hydrogens is 349 g/mol. The molecule has 1 aliphatic rings. The summed E-state index contributed by atoms with van der Waals surface area (Å²) in [4.78, 5) is 5.54. The molecule has 0 saturated carbocycles. The molecule has 1 nitrogen and oxygen atoms in total. The number of aliphatic imine (C=N–C) groups is 1. The molecule has 0 saturated heterocycles. The first-order chi connectivity index (χ1) is 10.2. The van der Waals surface area contributed by atoms with Crippen molar-refractivity contribution < 1.29 is 4.39 Å². The molecule has 0 unspecified atom stereocenters. The Labute approximate surface area is 135 Å². The highest BCUT2D eigenvalue weighted by atomic mass is 79.9. The lowest BCUT2D eigenvalue weighted by Gasteiger charge is -2.10. The van der Waals surface area contributed by atoms with E-state index in [2.05, 4.69) is 26.7 Å². The fourth-order valence-electron chi connectivity index (χ4n) is 2.04. The quantitative estimate of drug-likeness (QED) is 0.613. The van der Waals surface area contributed by atoms with E-state index in [0.29, 0.717) is 6.42 Å². The van der Waals surface area contributed by atoms with Gasteiger partial charge in [0.1, 0.15) is 5.82 Å². The number of rotatable bonds is 2. The predicted octanol–water partition coefficient (Wildman–Crippen LogP) is 5.66. The molecule has 0 aliphatic carbocycles. The minimum atomic E-state index is -0.239. The maximum atomic E-state index is 13.1. The first kappa shape index (κ1) is 14.2. The van der Waals surface area contributed by atoms with Crippen LogP contribution in [0, 0.1) is 5.82 Å². The molecule has 1 aromatic heterocycles. The molecule has 3 rings (SSSR count). The van der Waals surface area contributed by atoms with E-state index in [1.54, 1.807) is 23.5 Å². The summed E-state index contributed by atoms with van der Waals surface area (Å²) in [6.45, 7) is 0. The van der Waals surface area contributed by atoms with E-state index in [-0.39, 0.29) is 5.82 Å². The van der Waals surface area contributed by atoms with E-state index in [4.69, 9.17) is 0 Å². The van der Waals surface area contributed by atoms with Gasteiger partial charge in [-0.05, 0) is 51.1 Å². The Morgan fingerprint density at radius 3 is 2.71 bits per heavy atom. The molecule has 0 atom stereocenters. The van der Waals surface area contributed by atoms with Crippen molar-refractivity contribution in [2.75, 3.05) is 0 Å². The van der Waals surface area contributed by atoms with Crippen molar-refractivity contribution in [3.8, 4) is 0 Å². The van der Waals surface area contributed by atoms with Gasteiger partial charge in [0.15, 0.2) is 0 Å². The summed E-state index contributed by atoms with van der Waals surface area (Å²) >= 11 is 5.07. The first-order valence-electron chi connectivity index (χ1n) is 6.42. The zero-order valence-electron chi connectivity index (χ0n) is 11.0. The van der Waals surface area contributed by atoms with Crippen LogP contribution < -0.4 is 0 Å². The molecule has 2 aromatic rings. The molecule has 104 valence electrons. The van der Waals surface area contributed by atoms with E-state index >= 15 is 0 Å². The predicted molar refractivity (Wildman–Crippen MR) is 91.2 cm³/mol. The van der Waals surface area contributed by atoms with E-state index in [9.17, 15) is 4.39 Å². The van der Waals surface area contributed by atoms with Gasteiger partial charge in [0.05, 0.1) is 4.62 Å². The number of allylic oxidation sites excluding steroid dienone is 2.